The molecule has 0 spiro atoms. The smallest absolute Gasteiger partial charge is 0.0409 e. The normalized spacial score (nSPS) is 14.8. The van der Waals surface area contributed by atoms with Crippen LogP contribution in [0.5, 0.6) is 0 Å². The average Bonchev–Trinajstić information content (AvgIpc) is 2.37. The van der Waals surface area contributed by atoms with Crippen molar-refractivity contribution in [2.75, 3.05) is 0 Å². The van der Waals surface area contributed by atoms with Crippen LogP contribution in [-0.4, -0.2) is 0 Å². The molecular weight excluding hydrogens is 228 g/mol. The summed E-state index contributed by atoms with van der Waals surface area (Å²) in [5.74, 6) is 2.86. The van der Waals surface area contributed by atoms with E-state index in [1.165, 1.54) is 70.6 Å². The fraction of sp³-hybridized carbons (Fsp3) is 1.00. The van der Waals surface area contributed by atoms with Crippen LogP contribution >= 0.6 is 0 Å². The standard InChI is InChI=1S/C19H40/c1-6-9-10-11-12-14-19(15-17(4)5)16-18(8-3)13-7-2/h17-19H,6-16H2,1-5H3. The summed E-state index contributed by atoms with van der Waals surface area (Å²) in [5, 5.41) is 0. The molecule has 0 N–H and O–H groups in total. The second kappa shape index (κ2) is 13.0. The van der Waals surface area contributed by atoms with E-state index in [1.54, 1.807) is 0 Å². The van der Waals surface area contributed by atoms with Gasteiger partial charge in [-0.05, 0) is 30.6 Å². The second-order valence-electron chi connectivity index (χ2n) is 7.00. The third kappa shape index (κ3) is 11.5. The first-order chi connectivity index (χ1) is 9.13. The lowest BCUT2D eigenvalue weighted by Crippen LogP contribution is -2.11. The zero-order chi connectivity index (χ0) is 14.5. The van der Waals surface area contributed by atoms with E-state index in [4.69, 9.17) is 0 Å². The maximum atomic E-state index is 2.39. The van der Waals surface area contributed by atoms with E-state index in [2.05, 4.69) is 34.6 Å². The number of unbranched alkanes of at least 4 members (excludes halogenated alkanes) is 4. The molecular formula is C19H40. The highest BCUT2D eigenvalue weighted by molar-refractivity contribution is 4.68. The lowest BCUT2D eigenvalue weighted by molar-refractivity contribution is 0.281. The summed E-state index contributed by atoms with van der Waals surface area (Å²) in [5.41, 5.74) is 0. The summed E-state index contributed by atoms with van der Waals surface area (Å²) in [6.45, 7) is 11.8. The van der Waals surface area contributed by atoms with Crippen LogP contribution in [0, 0.1) is 17.8 Å². The Morgan fingerprint density at radius 1 is 0.632 bits per heavy atom. The average molecular weight is 269 g/mol. The molecule has 0 heterocycles. The Kier molecular flexibility index (Phi) is 13.0. The third-order valence-electron chi connectivity index (χ3n) is 4.46. The summed E-state index contributed by atoms with van der Waals surface area (Å²) in [6, 6.07) is 0. The van der Waals surface area contributed by atoms with Crippen LogP contribution in [0.25, 0.3) is 0 Å². The first-order valence-electron chi connectivity index (χ1n) is 9.13. The maximum Gasteiger partial charge on any atom is -0.0409 e. The molecule has 0 aromatic rings. The highest BCUT2D eigenvalue weighted by atomic mass is 14.2. The minimum Gasteiger partial charge on any atom is -0.0654 e. The van der Waals surface area contributed by atoms with Gasteiger partial charge in [0.2, 0.25) is 0 Å². The summed E-state index contributed by atoms with van der Waals surface area (Å²) in [6.07, 6.45) is 15.8. The summed E-state index contributed by atoms with van der Waals surface area (Å²) in [4.78, 5) is 0. The number of hydrogen-bond acceptors (Lipinski definition) is 0. The van der Waals surface area contributed by atoms with Crippen molar-refractivity contribution in [3.63, 3.8) is 0 Å². The second-order valence-corrected chi connectivity index (χ2v) is 7.00. The van der Waals surface area contributed by atoms with E-state index in [9.17, 15) is 0 Å². The van der Waals surface area contributed by atoms with Crippen molar-refractivity contribution in [3.05, 3.63) is 0 Å². The monoisotopic (exact) mass is 268 g/mol. The Hall–Kier alpha value is 0. The molecule has 0 rings (SSSR count). The molecule has 116 valence electrons. The molecule has 0 aliphatic rings. The molecule has 0 radical (unpaired) electrons. The number of hydrogen-bond donors (Lipinski definition) is 0. The van der Waals surface area contributed by atoms with E-state index in [0.29, 0.717) is 0 Å². The Bertz CT molecular complexity index is 171. The van der Waals surface area contributed by atoms with E-state index >= 15 is 0 Å². The Balaban J connectivity index is 3.99. The summed E-state index contributed by atoms with van der Waals surface area (Å²) in [7, 11) is 0. The third-order valence-corrected chi connectivity index (χ3v) is 4.46. The van der Waals surface area contributed by atoms with Crippen LogP contribution in [-0.2, 0) is 0 Å². The first kappa shape index (κ1) is 19.0. The fourth-order valence-corrected chi connectivity index (χ4v) is 3.40. The van der Waals surface area contributed by atoms with Gasteiger partial charge < -0.3 is 0 Å². The van der Waals surface area contributed by atoms with Crippen LogP contribution in [0.2, 0.25) is 0 Å². The van der Waals surface area contributed by atoms with Crippen LogP contribution in [0.3, 0.4) is 0 Å². The molecule has 0 aliphatic carbocycles. The summed E-state index contributed by atoms with van der Waals surface area (Å²) >= 11 is 0. The Morgan fingerprint density at radius 2 is 1.32 bits per heavy atom. The largest absolute Gasteiger partial charge is 0.0654 e. The Morgan fingerprint density at radius 3 is 1.84 bits per heavy atom. The van der Waals surface area contributed by atoms with Gasteiger partial charge in [-0.15, -0.1) is 0 Å². The van der Waals surface area contributed by atoms with Crippen LogP contribution in [0.1, 0.15) is 105 Å². The van der Waals surface area contributed by atoms with Crippen molar-refractivity contribution in [2.45, 2.75) is 105 Å². The molecule has 0 aromatic carbocycles. The molecule has 2 atom stereocenters. The predicted octanol–water partition coefficient (Wildman–Crippen LogP) is 7.23. The van der Waals surface area contributed by atoms with Gasteiger partial charge in [0.25, 0.3) is 0 Å². The van der Waals surface area contributed by atoms with Crippen molar-refractivity contribution in [2.24, 2.45) is 17.8 Å². The molecule has 0 saturated heterocycles. The maximum absolute atomic E-state index is 2.39. The van der Waals surface area contributed by atoms with E-state index in [-0.39, 0.29) is 0 Å². The molecule has 0 aliphatic heterocycles. The topological polar surface area (TPSA) is 0 Å². The van der Waals surface area contributed by atoms with Gasteiger partial charge in [-0.2, -0.15) is 0 Å². The van der Waals surface area contributed by atoms with Crippen molar-refractivity contribution in [1.82, 2.24) is 0 Å². The lowest BCUT2D eigenvalue weighted by Gasteiger charge is -2.24. The zero-order valence-corrected chi connectivity index (χ0v) is 14.5. The first-order valence-corrected chi connectivity index (χ1v) is 9.13. The van der Waals surface area contributed by atoms with Gasteiger partial charge in [0.15, 0.2) is 0 Å². The molecule has 0 bridgehead atoms. The van der Waals surface area contributed by atoms with E-state index < -0.39 is 0 Å². The molecule has 0 aromatic heterocycles. The highest BCUT2D eigenvalue weighted by Gasteiger charge is 2.16. The molecule has 2 unspecified atom stereocenters. The molecule has 0 fully saturated rings. The van der Waals surface area contributed by atoms with Crippen molar-refractivity contribution < 1.29 is 0 Å². The quantitative estimate of drug-likeness (QED) is 0.309. The molecule has 0 heteroatoms. The van der Waals surface area contributed by atoms with E-state index in [1.807, 2.05) is 0 Å². The van der Waals surface area contributed by atoms with Gasteiger partial charge in [-0.25, -0.2) is 0 Å². The van der Waals surface area contributed by atoms with Gasteiger partial charge in [-0.3, -0.25) is 0 Å². The SMILES string of the molecule is CCCCCCCC(CC(C)C)CC(CC)CCC. The van der Waals surface area contributed by atoms with Gasteiger partial charge in [0.1, 0.15) is 0 Å². The molecule has 0 nitrogen and oxygen atoms in total. The minimum absolute atomic E-state index is 0.875. The van der Waals surface area contributed by atoms with Gasteiger partial charge in [-0.1, -0.05) is 92.4 Å². The van der Waals surface area contributed by atoms with Crippen LogP contribution < -0.4 is 0 Å². The predicted molar refractivity (Wildman–Crippen MR) is 89.6 cm³/mol. The van der Waals surface area contributed by atoms with Gasteiger partial charge in [0.05, 0.1) is 0 Å². The number of rotatable bonds is 13. The highest BCUT2D eigenvalue weighted by Crippen LogP contribution is 2.29. The Labute approximate surface area is 123 Å². The van der Waals surface area contributed by atoms with Crippen molar-refractivity contribution in [3.8, 4) is 0 Å². The van der Waals surface area contributed by atoms with E-state index in [0.717, 1.165) is 17.8 Å². The molecule has 0 saturated carbocycles. The van der Waals surface area contributed by atoms with Gasteiger partial charge >= 0.3 is 0 Å². The van der Waals surface area contributed by atoms with Crippen molar-refractivity contribution in [1.29, 1.82) is 0 Å². The van der Waals surface area contributed by atoms with Crippen molar-refractivity contribution >= 4 is 0 Å². The molecule has 19 heavy (non-hydrogen) atoms. The molecule has 0 amide bonds. The van der Waals surface area contributed by atoms with Crippen LogP contribution in [0.15, 0.2) is 0 Å². The lowest BCUT2D eigenvalue weighted by atomic mass is 9.82. The fourth-order valence-electron chi connectivity index (χ4n) is 3.40. The zero-order valence-electron chi connectivity index (χ0n) is 14.5. The minimum atomic E-state index is 0.875. The summed E-state index contributed by atoms with van der Waals surface area (Å²) < 4.78 is 0. The van der Waals surface area contributed by atoms with Crippen LogP contribution in [0.4, 0.5) is 0 Å². The van der Waals surface area contributed by atoms with Gasteiger partial charge in [0, 0.05) is 0 Å².